The van der Waals surface area contributed by atoms with E-state index in [0.717, 1.165) is 52.2 Å². The van der Waals surface area contributed by atoms with Gasteiger partial charge in [-0.2, -0.15) is 13.2 Å². The molecule has 372 valence electrons. The fourth-order valence-electron chi connectivity index (χ4n) is 7.85. The van der Waals surface area contributed by atoms with Gasteiger partial charge in [0.25, 0.3) is 25.8 Å². The predicted octanol–water partition coefficient (Wildman–Crippen LogP) is 9.32. The van der Waals surface area contributed by atoms with E-state index in [-0.39, 0.29) is 24.1 Å². The zero-order valence-corrected chi connectivity index (χ0v) is 42.6. The molecule has 20 heteroatoms. The van der Waals surface area contributed by atoms with Crippen molar-refractivity contribution in [3.8, 4) is 11.1 Å². The Balaban J connectivity index is 1.17. The van der Waals surface area contributed by atoms with Crippen molar-refractivity contribution in [2.75, 3.05) is 55.8 Å². The Labute approximate surface area is 415 Å². The summed E-state index contributed by atoms with van der Waals surface area (Å²) >= 11 is 6.22. The molecule has 0 aliphatic carbocycles. The number of thioether (sulfide) groups is 1. The Morgan fingerprint density at radius 3 is 2.16 bits per heavy atom. The van der Waals surface area contributed by atoms with E-state index in [9.17, 15) is 44.5 Å². The van der Waals surface area contributed by atoms with Crippen molar-refractivity contribution >= 4 is 71.9 Å². The van der Waals surface area contributed by atoms with E-state index in [1.54, 1.807) is 19.2 Å². The molecule has 1 fully saturated rings. The van der Waals surface area contributed by atoms with Crippen LogP contribution in [0.5, 0.6) is 0 Å². The molecule has 5 aromatic rings. The van der Waals surface area contributed by atoms with Crippen LogP contribution in [0.25, 0.3) is 11.1 Å². The number of nitrogens with zero attached hydrogens (tertiary/aromatic N) is 2. The topological polar surface area (TPSA) is 171 Å². The number of sulfone groups is 1. The third-order valence-electron chi connectivity index (χ3n) is 11.7. The highest BCUT2D eigenvalue weighted by Crippen LogP contribution is 2.40. The molecule has 0 radical (unpaired) electrons. The fraction of sp³-hybridized carbons (Fsp3) is 0.367. The first-order valence-electron chi connectivity index (χ1n) is 22.2. The highest BCUT2D eigenvalue weighted by atomic mass is 35.5. The smallest absolute Gasteiger partial charge is 0.501 e. The second kappa shape index (κ2) is 23.3. The Bertz CT molecular complexity index is 2730. The van der Waals surface area contributed by atoms with Gasteiger partial charge in [0.05, 0.1) is 23.2 Å². The van der Waals surface area contributed by atoms with Crippen molar-refractivity contribution in [2.24, 2.45) is 5.92 Å². The SMILES string of the molecule is CN(CCO)CC[C@H](CSc1ccccc1)Nc1ccc(S(=O)(=O)NC(=O)c2ccc(N3CCC([C@@H](N[S+]([O-])C(C)(C)C)c4ccccc4-c4ccc(Cl)cc4)CC3)cc2)cc1S(=O)(=O)C(F)(F)F. The van der Waals surface area contributed by atoms with Gasteiger partial charge in [0.15, 0.2) is 0 Å². The lowest BCUT2D eigenvalue weighted by Crippen LogP contribution is -2.45. The second-order valence-corrected chi connectivity index (χ2v) is 24.9. The number of hydrogen-bond acceptors (Lipinski definition) is 12. The second-order valence-electron chi connectivity index (χ2n) is 17.8. The molecule has 3 atom stereocenters. The maximum Gasteiger partial charge on any atom is 0.501 e. The minimum atomic E-state index is -6.10. The Morgan fingerprint density at radius 1 is 0.899 bits per heavy atom. The van der Waals surface area contributed by atoms with Gasteiger partial charge in [-0.3, -0.25) is 4.79 Å². The lowest BCUT2D eigenvalue weighted by molar-refractivity contribution is -0.0435. The minimum absolute atomic E-state index is 0.0590. The van der Waals surface area contributed by atoms with Crippen LogP contribution in [0.15, 0.2) is 136 Å². The zero-order valence-electron chi connectivity index (χ0n) is 38.6. The van der Waals surface area contributed by atoms with Crippen molar-refractivity contribution in [3.63, 3.8) is 0 Å². The van der Waals surface area contributed by atoms with Gasteiger partial charge in [-0.15, -0.1) is 16.5 Å². The average Bonchev–Trinajstić information content (AvgIpc) is 3.31. The molecule has 0 spiro atoms. The molecule has 1 saturated heterocycles. The summed E-state index contributed by atoms with van der Waals surface area (Å²) in [5, 5.41) is 12.9. The molecule has 0 bridgehead atoms. The maximum absolute atomic E-state index is 14.2. The predicted molar refractivity (Wildman–Crippen MR) is 270 cm³/mol. The molecule has 1 aliphatic heterocycles. The van der Waals surface area contributed by atoms with Crippen LogP contribution >= 0.6 is 23.4 Å². The van der Waals surface area contributed by atoms with Crippen molar-refractivity contribution in [1.82, 2.24) is 14.3 Å². The summed E-state index contributed by atoms with van der Waals surface area (Å²) in [4.78, 5) is 16.1. The summed E-state index contributed by atoms with van der Waals surface area (Å²) in [6.07, 6.45) is 1.78. The Hall–Kier alpha value is -4.31. The van der Waals surface area contributed by atoms with E-state index < -0.39 is 68.9 Å². The highest BCUT2D eigenvalue weighted by molar-refractivity contribution is 7.99. The minimum Gasteiger partial charge on any atom is -0.598 e. The molecule has 5 aromatic carbocycles. The molecule has 1 unspecified atom stereocenters. The van der Waals surface area contributed by atoms with Crippen molar-refractivity contribution < 1.29 is 44.5 Å². The summed E-state index contributed by atoms with van der Waals surface area (Å²) in [5.41, 5.74) is -2.53. The van der Waals surface area contributed by atoms with Crippen molar-refractivity contribution in [1.29, 1.82) is 0 Å². The van der Waals surface area contributed by atoms with E-state index in [2.05, 4.69) is 21.0 Å². The lowest BCUT2D eigenvalue weighted by Gasteiger charge is -2.39. The number of halogens is 4. The molecule has 1 heterocycles. The Morgan fingerprint density at radius 2 is 1.54 bits per heavy atom. The van der Waals surface area contributed by atoms with Crippen molar-refractivity contribution in [3.05, 3.63) is 137 Å². The standard InChI is InChI=1S/C49H57ClF3N5O7S4/c1-48(2,3)67(61)55-46(43-13-9-8-12-42(43)34-14-18-37(50)19-15-34)35-24-28-58(29-25-35)39-20-16-36(17-21-39)47(60)56-69(64,65)41-22-23-44(45(32-41)68(62,63)49(51,52)53)54-38(26-27-57(4)30-31-59)33-66-40-10-6-5-7-11-40/h5-23,32,35,38,46,54-55,59H,24-31,33H2,1-4H3,(H,56,60)/t38-,46-,67?/m1/s1. The van der Waals surface area contributed by atoms with Gasteiger partial charge in [0.2, 0.25) is 0 Å². The van der Waals surface area contributed by atoms with E-state index in [4.69, 9.17) is 11.6 Å². The van der Waals surface area contributed by atoms with E-state index >= 15 is 0 Å². The molecular formula is C49H57ClF3N5O7S4. The van der Waals surface area contributed by atoms with Crippen LogP contribution in [0.3, 0.4) is 0 Å². The van der Waals surface area contributed by atoms with E-state index in [1.807, 2.05) is 103 Å². The molecular weight excluding hydrogens is 991 g/mol. The first-order valence-corrected chi connectivity index (χ1v) is 27.7. The number of sulfonamides is 1. The number of likely N-dealkylation sites (N-methyl/N-ethyl adjacent to an activating group) is 1. The number of carbonyl (C=O) groups excluding carboxylic acids is 1. The summed E-state index contributed by atoms with van der Waals surface area (Å²) in [6.45, 7) is 7.61. The molecule has 0 saturated carbocycles. The molecule has 69 heavy (non-hydrogen) atoms. The highest BCUT2D eigenvalue weighted by Gasteiger charge is 2.48. The number of benzene rings is 5. The number of hydrogen-bond donors (Lipinski definition) is 4. The van der Waals surface area contributed by atoms with Crippen LogP contribution in [0.1, 0.15) is 62.0 Å². The summed E-state index contributed by atoms with van der Waals surface area (Å²) in [5.74, 6) is -0.681. The number of carbonyl (C=O) groups is 1. The van der Waals surface area contributed by atoms with Crippen LogP contribution in [-0.2, 0) is 31.2 Å². The van der Waals surface area contributed by atoms with Crippen molar-refractivity contribution in [2.45, 2.75) is 77.1 Å². The third-order valence-corrected chi connectivity index (χ3v) is 17.6. The quantitative estimate of drug-likeness (QED) is 0.0431. The molecule has 6 rings (SSSR count). The molecule has 4 N–H and O–H groups in total. The molecule has 1 amide bonds. The monoisotopic (exact) mass is 1050 g/mol. The number of aliphatic hydroxyl groups is 1. The lowest BCUT2D eigenvalue weighted by atomic mass is 9.83. The van der Waals surface area contributed by atoms with Crippen LogP contribution in [0, 0.1) is 5.92 Å². The van der Waals surface area contributed by atoms with Gasteiger partial charge >= 0.3 is 5.51 Å². The van der Waals surface area contributed by atoms with Crippen LogP contribution in [0.2, 0.25) is 5.02 Å². The fourth-order valence-corrected chi connectivity index (χ4v) is 11.9. The van der Waals surface area contributed by atoms with E-state index in [0.29, 0.717) is 49.4 Å². The van der Waals surface area contributed by atoms with E-state index in [1.165, 1.54) is 23.9 Å². The normalized spacial score (nSPS) is 15.4. The number of alkyl halides is 3. The van der Waals surface area contributed by atoms with Gasteiger partial charge in [0, 0.05) is 64.0 Å². The largest absolute Gasteiger partial charge is 0.598 e. The van der Waals surface area contributed by atoms with Gasteiger partial charge < -0.3 is 24.8 Å². The number of anilines is 2. The van der Waals surface area contributed by atoms with Crippen LogP contribution < -0.4 is 19.7 Å². The third kappa shape index (κ3) is 14.2. The average molecular weight is 1050 g/mol. The molecule has 1 aliphatic rings. The summed E-state index contributed by atoms with van der Waals surface area (Å²) < 4.78 is 114. The first-order chi connectivity index (χ1) is 32.6. The number of amides is 1. The summed E-state index contributed by atoms with van der Waals surface area (Å²) in [7, 11) is -9.25. The number of piperidine rings is 1. The number of nitrogens with one attached hydrogen (secondary N) is 3. The zero-order chi connectivity index (χ0) is 50.1. The first kappa shape index (κ1) is 54.0. The number of rotatable bonds is 20. The molecule has 12 nitrogen and oxygen atoms in total. The molecule has 0 aromatic heterocycles. The van der Waals surface area contributed by atoms with Gasteiger partial charge in [0.1, 0.15) is 9.64 Å². The van der Waals surface area contributed by atoms with Crippen LogP contribution in [0.4, 0.5) is 24.5 Å². The number of aliphatic hydroxyl groups excluding tert-OH is 1. The van der Waals surface area contributed by atoms with Gasteiger partial charge in [-0.1, -0.05) is 66.2 Å². The maximum atomic E-state index is 14.2. The van der Waals surface area contributed by atoms with Crippen LogP contribution in [-0.4, -0.2) is 99.2 Å². The van der Waals surface area contributed by atoms with Gasteiger partial charge in [-0.05, 0) is 143 Å². The Kier molecular flexibility index (Phi) is 18.2. The van der Waals surface area contributed by atoms with Gasteiger partial charge in [-0.25, -0.2) is 21.6 Å². The summed E-state index contributed by atoms with van der Waals surface area (Å²) in [6, 6.07) is 32.5.